The van der Waals surface area contributed by atoms with Gasteiger partial charge in [-0.1, -0.05) is 37.3 Å². The van der Waals surface area contributed by atoms with Crippen LogP contribution in [0.5, 0.6) is 0 Å². The van der Waals surface area contributed by atoms with Crippen molar-refractivity contribution in [2.24, 2.45) is 11.8 Å². The zero-order valence-electron chi connectivity index (χ0n) is 13.7. The van der Waals surface area contributed by atoms with E-state index in [0.29, 0.717) is 18.1 Å². The second-order valence-electron chi connectivity index (χ2n) is 6.04. The minimum atomic E-state index is 0.212. The molecule has 0 unspecified atom stereocenters. The minimum Gasteiger partial charge on any atom is -0.300 e. The molecule has 1 saturated carbocycles. The maximum absolute atomic E-state index is 12.3. The summed E-state index contributed by atoms with van der Waals surface area (Å²) in [6.45, 7) is 9.56. The van der Waals surface area contributed by atoms with Crippen molar-refractivity contribution in [1.82, 2.24) is 0 Å². The van der Waals surface area contributed by atoms with Gasteiger partial charge in [0.25, 0.3) is 0 Å². The Morgan fingerprint density at radius 2 is 1.76 bits per heavy atom. The first-order valence-electron chi connectivity index (χ1n) is 8.03. The summed E-state index contributed by atoms with van der Waals surface area (Å²) in [5.41, 5.74) is 1.81. The normalized spacial score (nSPS) is 23.3. The van der Waals surface area contributed by atoms with Gasteiger partial charge in [0.05, 0.1) is 0 Å². The Bertz CT molecular complexity index is 446. The summed E-state index contributed by atoms with van der Waals surface area (Å²) in [7, 11) is 0. The van der Waals surface area contributed by atoms with E-state index in [4.69, 9.17) is 0 Å². The van der Waals surface area contributed by atoms with E-state index >= 15 is 0 Å². The fourth-order valence-electron chi connectivity index (χ4n) is 2.83. The van der Waals surface area contributed by atoms with Gasteiger partial charge in [-0.05, 0) is 51.9 Å². The first-order valence-corrected chi connectivity index (χ1v) is 8.03. The molecule has 0 N–H and O–H groups in total. The van der Waals surface area contributed by atoms with Gasteiger partial charge in [-0.2, -0.15) is 0 Å². The Labute approximate surface area is 129 Å². The molecule has 1 fully saturated rings. The molecule has 0 aliphatic heterocycles. The van der Waals surface area contributed by atoms with Gasteiger partial charge in [0.2, 0.25) is 0 Å². The highest BCUT2D eigenvalue weighted by Crippen LogP contribution is 2.32. The van der Waals surface area contributed by atoms with Crippen molar-refractivity contribution < 1.29 is 9.59 Å². The number of carbonyl (C=O) groups is 2. The van der Waals surface area contributed by atoms with E-state index in [0.717, 1.165) is 43.3 Å². The Morgan fingerprint density at radius 1 is 1.14 bits per heavy atom. The quantitative estimate of drug-likeness (QED) is 0.497. The second-order valence-corrected chi connectivity index (χ2v) is 6.04. The summed E-state index contributed by atoms with van der Waals surface area (Å²) >= 11 is 0. The molecule has 0 amide bonds. The van der Waals surface area contributed by atoms with Crippen LogP contribution >= 0.6 is 0 Å². The highest BCUT2D eigenvalue weighted by molar-refractivity contribution is 5.98. The lowest BCUT2D eigenvalue weighted by molar-refractivity contribution is -0.122. The van der Waals surface area contributed by atoms with Gasteiger partial charge in [-0.15, -0.1) is 0 Å². The van der Waals surface area contributed by atoms with Gasteiger partial charge in [-0.25, -0.2) is 0 Å². The predicted octanol–water partition coefficient (Wildman–Crippen LogP) is 4.81. The Balaban J connectivity index is 2.51. The van der Waals surface area contributed by atoms with E-state index in [1.165, 1.54) is 0 Å². The lowest BCUT2D eigenvalue weighted by atomic mass is 9.78. The zero-order chi connectivity index (χ0) is 15.8. The third kappa shape index (κ3) is 5.82. The van der Waals surface area contributed by atoms with Crippen molar-refractivity contribution in [1.29, 1.82) is 0 Å². The van der Waals surface area contributed by atoms with E-state index in [1.807, 2.05) is 25.2 Å². The maximum atomic E-state index is 12.3. The van der Waals surface area contributed by atoms with Gasteiger partial charge in [0, 0.05) is 17.9 Å². The number of ketones is 2. The second kappa shape index (κ2) is 8.76. The molecule has 2 heteroatoms. The van der Waals surface area contributed by atoms with Crippen molar-refractivity contribution in [3.05, 3.63) is 36.0 Å². The molecule has 1 aliphatic carbocycles. The topological polar surface area (TPSA) is 34.1 Å². The van der Waals surface area contributed by atoms with Gasteiger partial charge in [0.1, 0.15) is 5.78 Å². The summed E-state index contributed by atoms with van der Waals surface area (Å²) in [6.07, 6.45) is 11.1. The lowest BCUT2D eigenvalue weighted by Crippen LogP contribution is -2.21. The molecule has 0 radical (unpaired) electrons. The van der Waals surface area contributed by atoms with E-state index in [9.17, 15) is 9.59 Å². The van der Waals surface area contributed by atoms with Crippen molar-refractivity contribution in [3.8, 4) is 0 Å². The number of Topliss-reactive ketones (excluding diaryl/α,β-unsaturated/α-hetero) is 2. The summed E-state index contributed by atoms with van der Waals surface area (Å²) in [4.78, 5) is 23.7. The molecule has 0 spiro atoms. The van der Waals surface area contributed by atoms with Crippen molar-refractivity contribution in [3.63, 3.8) is 0 Å². The summed E-state index contributed by atoms with van der Waals surface area (Å²) in [5.74, 6) is 1.18. The van der Waals surface area contributed by atoms with Crippen LogP contribution in [0.15, 0.2) is 36.0 Å². The predicted molar refractivity (Wildman–Crippen MR) is 88.1 cm³/mol. The Hall–Kier alpha value is -1.44. The molecule has 0 atom stereocenters. The molecule has 2 nitrogen and oxygen atoms in total. The van der Waals surface area contributed by atoms with Crippen LogP contribution in [0, 0.1) is 11.8 Å². The molecule has 116 valence electrons. The van der Waals surface area contributed by atoms with Gasteiger partial charge in [0.15, 0.2) is 5.78 Å². The number of hydrogen-bond donors (Lipinski definition) is 0. The molecule has 1 rings (SSSR count). The molecule has 0 bridgehead atoms. The fraction of sp³-hybridized carbons (Fsp3) is 0.579. The van der Waals surface area contributed by atoms with Crippen molar-refractivity contribution in [2.75, 3.05) is 0 Å². The van der Waals surface area contributed by atoms with Gasteiger partial charge < -0.3 is 0 Å². The molecule has 0 aromatic carbocycles. The summed E-state index contributed by atoms with van der Waals surface area (Å²) < 4.78 is 0. The molecule has 0 heterocycles. The van der Waals surface area contributed by atoms with Gasteiger partial charge >= 0.3 is 0 Å². The maximum Gasteiger partial charge on any atom is 0.162 e. The summed E-state index contributed by atoms with van der Waals surface area (Å²) in [6, 6.07) is 0. The van der Waals surface area contributed by atoms with E-state index in [2.05, 4.69) is 13.5 Å². The molecular formula is C19H28O2. The first kappa shape index (κ1) is 17.6. The number of allylic oxidation sites excluding steroid dienone is 5. The van der Waals surface area contributed by atoms with Crippen LogP contribution in [0.4, 0.5) is 0 Å². The third-order valence-corrected chi connectivity index (χ3v) is 4.48. The molecular weight excluding hydrogens is 260 g/mol. The molecule has 0 aromatic rings. The molecule has 0 saturated heterocycles. The molecule has 21 heavy (non-hydrogen) atoms. The smallest absolute Gasteiger partial charge is 0.162 e. The minimum absolute atomic E-state index is 0.212. The van der Waals surface area contributed by atoms with E-state index < -0.39 is 0 Å². The largest absolute Gasteiger partial charge is 0.300 e. The average molecular weight is 288 g/mol. The van der Waals surface area contributed by atoms with Crippen LogP contribution < -0.4 is 0 Å². The first-order chi connectivity index (χ1) is 9.97. The SMILES string of the molecule is C=C(/C=C\C(=C/C)C(=O)CC1CCC(C(C)=O)CC1)CC. The van der Waals surface area contributed by atoms with E-state index in [-0.39, 0.29) is 11.7 Å². The highest BCUT2D eigenvalue weighted by atomic mass is 16.1. The Kier molecular flexibility index (Phi) is 7.35. The van der Waals surface area contributed by atoms with Crippen LogP contribution in [0.2, 0.25) is 0 Å². The molecule has 0 aromatic heterocycles. The van der Waals surface area contributed by atoms with Crippen molar-refractivity contribution in [2.45, 2.75) is 59.3 Å². The van der Waals surface area contributed by atoms with Crippen LogP contribution in [-0.4, -0.2) is 11.6 Å². The average Bonchev–Trinajstić information content (AvgIpc) is 2.48. The standard InChI is InChI=1S/C19H28O2/c1-5-14(3)7-10-17(6-2)19(21)13-16-8-11-18(12-9-16)15(4)20/h6-7,10,16,18H,3,5,8-9,11-13H2,1-2,4H3/b10-7-,17-6+. The highest BCUT2D eigenvalue weighted by Gasteiger charge is 2.25. The monoisotopic (exact) mass is 288 g/mol. The van der Waals surface area contributed by atoms with Crippen molar-refractivity contribution >= 4 is 11.6 Å². The Morgan fingerprint density at radius 3 is 2.24 bits per heavy atom. The fourth-order valence-corrected chi connectivity index (χ4v) is 2.83. The number of hydrogen-bond acceptors (Lipinski definition) is 2. The molecule has 1 aliphatic rings. The summed E-state index contributed by atoms with van der Waals surface area (Å²) in [5, 5.41) is 0. The van der Waals surface area contributed by atoms with Gasteiger partial charge in [-0.3, -0.25) is 9.59 Å². The lowest BCUT2D eigenvalue weighted by Gasteiger charge is -2.26. The van der Waals surface area contributed by atoms with E-state index in [1.54, 1.807) is 6.92 Å². The number of carbonyl (C=O) groups excluding carboxylic acids is 2. The number of rotatable bonds is 7. The zero-order valence-corrected chi connectivity index (χ0v) is 13.7. The van der Waals surface area contributed by atoms with Crippen LogP contribution in [0.3, 0.4) is 0 Å². The van der Waals surface area contributed by atoms with Crippen LogP contribution in [0.25, 0.3) is 0 Å². The van der Waals surface area contributed by atoms with Crippen LogP contribution in [-0.2, 0) is 9.59 Å². The van der Waals surface area contributed by atoms with Crippen LogP contribution in [0.1, 0.15) is 59.3 Å². The third-order valence-electron chi connectivity index (χ3n) is 4.48.